The first kappa shape index (κ1) is 15.6. The summed E-state index contributed by atoms with van der Waals surface area (Å²) in [5.74, 6) is 0.188. The van der Waals surface area contributed by atoms with Crippen LogP contribution in [0, 0.1) is 5.41 Å². The first-order valence-corrected chi connectivity index (χ1v) is 8.49. The molecule has 0 radical (unpaired) electrons. The Bertz CT molecular complexity index is 477. The first-order valence-electron chi connectivity index (χ1n) is 7.70. The van der Waals surface area contributed by atoms with Crippen LogP contribution < -0.4 is 0 Å². The molecule has 1 aliphatic heterocycles. The minimum Gasteiger partial charge on any atom is -0.342 e. The zero-order chi connectivity index (χ0) is 14.8. The SMILES string of the molecule is CCCn1cc(Br)cc1C(=O)N1CCC(CC)(CC)C1. The lowest BCUT2D eigenvalue weighted by Crippen LogP contribution is -2.33. The quantitative estimate of drug-likeness (QED) is 0.783. The van der Waals surface area contributed by atoms with Crippen LogP contribution >= 0.6 is 15.9 Å². The van der Waals surface area contributed by atoms with Crippen molar-refractivity contribution in [3.63, 3.8) is 0 Å². The maximum atomic E-state index is 12.8. The van der Waals surface area contributed by atoms with Gasteiger partial charge in [0.2, 0.25) is 0 Å². The van der Waals surface area contributed by atoms with Crippen molar-refractivity contribution in [2.24, 2.45) is 5.41 Å². The number of carbonyl (C=O) groups is 1. The fraction of sp³-hybridized carbons (Fsp3) is 0.688. The Kier molecular flexibility index (Phi) is 4.95. The zero-order valence-corrected chi connectivity index (χ0v) is 14.4. The van der Waals surface area contributed by atoms with Crippen molar-refractivity contribution in [3.05, 3.63) is 22.4 Å². The molecule has 1 saturated heterocycles. The van der Waals surface area contributed by atoms with Crippen molar-refractivity contribution >= 4 is 21.8 Å². The summed E-state index contributed by atoms with van der Waals surface area (Å²) in [6.45, 7) is 9.33. The fourth-order valence-corrected chi connectivity index (χ4v) is 3.64. The molecule has 2 heterocycles. The van der Waals surface area contributed by atoms with Crippen molar-refractivity contribution in [1.29, 1.82) is 0 Å². The van der Waals surface area contributed by atoms with Gasteiger partial charge >= 0.3 is 0 Å². The number of aryl methyl sites for hydroxylation is 1. The summed E-state index contributed by atoms with van der Waals surface area (Å²) in [6.07, 6.45) is 6.51. The van der Waals surface area contributed by atoms with E-state index in [9.17, 15) is 4.79 Å². The predicted molar refractivity (Wildman–Crippen MR) is 86.0 cm³/mol. The smallest absolute Gasteiger partial charge is 0.270 e. The van der Waals surface area contributed by atoms with Crippen molar-refractivity contribution < 1.29 is 4.79 Å². The summed E-state index contributed by atoms with van der Waals surface area (Å²) in [7, 11) is 0. The summed E-state index contributed by atoms with van der Waals surface area (Å²) < 4.78 is 3.07. The molecule has 0 spiro atoms. The highest BCUT2D eigenvalue weighted by molar-refractivity contribution is 9.10. The van der Waals surface area contributed by atoms with Gasteiger partial charge in [-0.05, 0) is 53.1 Å². The molecule has 0 bridgehead atoms. The molecule has 3 nitrogen and oxygen atoms in total. The van der Waals surface area contributed by atoms with Crippen LogP contribution in [0.2, 0.25) is 0 Å². The molecule has 0 aliphatic carbocycles. The van der Waals surface area contributed by atoms with Crippen LogP contribution in [0.3, 0.4) is 0 Å². The number of aromatic nitrogens is 1. The van der Waals surface area contributed by atoms with Crippen molar-refractivity contribution in [2.45, 2.75) is 53.0 Å². The van der Waals surface area contributed by atoms with Gasteiger partial charge in [0.25, 0.3) is 5.91 Å². The lowest BCUT2D eigenvalue weighted by atomic mass is 9.82. The van der Waals surface area contributed by atoms with E-state index < -0.39 is 0 Å². The number of amides is 1. The van der Waals surface area contributed by atoms with E-state index in [0.29, 0.717) is 5.41 Å². The number of hydrogen-bond donors (Lipinski definition) is 0. The average molecular weight is 341 g/mol. The van der Waals surface area contributed by atoms with E-state index in [4.69, 9.17) is 0 Å². The van der Waals surface area contributed by atoms with E-state index in [0.717, 1.165) is 55.5 Å². The second-order valence-corrected chi connectivity index (χ2v) is 6.84. The molecule has 1 aromatic heterocycles. The third-order valence-corrected chi connectivity index (χ3v) is 5.21. The largest absolute Gasteiger partial charge is 0.342 e. The Morgan fingerprint density at radius 1 is 1.35 bits per heavy atom. The number of nitrogens with zero attached hydrogens (tertiary/aromatic N) is 2. The summed E-state index contributed by atoms with van der Waals surface area (Å²) in [4.78, 5) is 14.8. The third-order valence-electron chi connectivity index (χ3n) is 4.77. The molecule has 1 aromatic rings. The maximum Gasteiger partial charge on any atom is 0.270 e. The van der Waals surface area contributed by atoms with Crippen molar-refractivity contribution in [2.75, 3.05) is 13.1 Å². The Morgan fingerprint density at radius 3 is 2.60 bits per heavy atom. The topological polar surface area (TPSA) is 25.2 Å². The van der Waals surface area contributed by atoms with Crippen LogP contribution in [0.25, 0.3) is 0 Å². The van der Waals surface area contributed by atoms with Gasteiger partial charge in [-0.15, -0.1) is 0 Å². The highest BCUT2D eigenvalue weighted by Crippen LogP contribution is 2.37. The van der Waals surface area contributed by atoms with E-state index in [-0.39, 0.29) is 5.91 Å². The molecule has 0 N–H and O–H groups in total. The molecule has 2 rings (SSSR count). The van der Waals surface area contributed by atoms with Gasteiger partial charge in [0.1, 0.15) is 5.69 Å². The highest BCUT2D eigenvalue weighted by Gasteiger charge is 2.37. The number of hydrogen-bond acceptors (Lipinski definition) is 1. The van der Waals surface area contributed by atoms with Crippen LogP contribution in [-0.2, 0) is 6.54 Å². The van der Waals surface area contributed by atoms with Gasteiger partial charge in [-0.1, -0.05) is 20.8 Å². The molecule has 4 heteroatoms. The molecular formula is C16H25BrN2O. The monoisotopic (exact) mass is 340 g/mol. The molecule has 112 valence electrons. The molecule has 0 atom stereocenters. The minimum atomic E-state index is 0.188. The van der Waals surface area contributed by atoms with Crippen LogP contribution in [0.15, 0.2) is 16.7 Å². The Labute approximate surface area is 130 Å². The van der Waals surface area contributed by atoms with Gasteiger partial charge in [-0.25, -0.2) is 0 Å². The normalized spacial score (nSPS) is 17.7. The van der Waals surface area contributed by atoms with Gasteiger partial charge in [0.05, 0.1) is 0 Å². The molecule has 0 unspecified atom stereocenters. The van der Waals surface area contributed by atoms with Gasteiger partial charge in [0.15, 0.2) is 0 Å². The van der Waals surface area contributed by atoms with E-state index in [2.05, 4.69) is 41.3 Å². The van der Waals surface area contributed by atoms with Gasteiger partial charge in [-0.3, -0.25) is 4.79 Å². The highest BCUT2D eigenvalue weighted by atomic mass is 79.9. The maximum absolute atomic E-state index is 12.8. The fourth-order valence-electron chi connectivity index (χ4n) is 3.18. The molecular weight excluding hydrogens is 316 g/mol. The van der Waals surface area contributed by atoms with Crippen LogP contribution in [0.5, 0.6) is 0 Å². The summed E-state index contributed by atoms with van der Waals surface area (Å²) in [5, 5.41) is 0. The summed E-state index contributed by atoms with van der Waals surface area (Å²) >= 11 is 3.49. The van der Waals surface area contributed by atoms with Gasteiger partial charge in [0, 0.05) is 30.3 Å². The summed E-state index contributed by atoms with van der Waals surface area (Å²) in [6, 6.07) is 1.95. The molecule has 0 aromatic carbocycles. The van der Waals surface area contributed by atoms with Crippen molar-refractivity contribution in [3.8, 4) is 0 Å². The Hall–Kier alpha value is -0.770. The predicted octanol–water partition coefficient (Wildman–Crippen LogP) is 4.31. The average Bonchev–Trinajstić information content (AvgIpc) is 3.03. The van der Waals surface area contributed by atoms with Crippen LogP contribution in [-0.4, -0.2) is 28.5 Å². The van der Waals surface area contributed by atoms with Crippen LogP contribution in [0.4, 0.5) is 0 Å². The summed E-state index contributed by atoms with van der Waals surface area (Å²) in [5.41, 5.74) is 1.16. The number of likely N-dealkylation sites (tertiary alicyclic amines) is 1. The molecule has 0 saturated carbocycles. The molecule has 1 amide bonds. The van der Waals surface area contributed by atoms with E-state index in [1.165, 1.54) is 0 Å². The lowest BCUT2D eigenvalue weighted by Gasteiger charge is -2.26. The minimum absolute atomic E-state index is 0.188. The van der Waals surface area contributed by atoms with Gasteiger partial charge < -0.3 is 9.47 Å². The van der Waals surface area contributed by atoms with Crippen molar-refractivity contribution in [1.82, 2.24) is 9.47 Å². The first-order chi connectivity index (χ1) is 9.55. The van der Waals surface area contributed by atoms with Crippen LogP contribution in [0.1, 0.15) is 56.9 Å². The molecule has 1 aliphatic rings. The lowest BCUT2D eigenvalue weighted by molar-refractivity contribution is 0.0759. The number of rotatable bonds is 5. The third kappa shape index (κ3) is 2.95. The molecule has 1 fully saturated rings. The number of halogens is 1. The Morgan fingerprint density at radius 2 is 2.05 bits per heavy atom. The number of carbonyl (C=O) groups excluding carboxylic acids is 1. The zero-order valence-electron chi connectivity index (χ0n) is 12.8. The van der Waals surface area contributed by atoms with E-state index in [1.807, 2.05) is 17.2 Å². The second-order valence-electron chi connectivity index (χ2n) is 5.92. The molecule has 20 heavy (non-hydrogen) atoms. The van der Waals surface area contributed by atoms with Gasteiger partial charge in [-0.2, -0.15) is 0 Å². The van der Waals surface area contributed by atoms with E-state index >= 15 is 0 Å². The van der Waals surface area contributed by atoms with E-state index in [1.54, 1.807) is 0 Å². The Balaban J connectivity index is 2.16. The standard InChI is InChI=1S/C16H25BrN2O/c1-4-8-18-11-13(17)10-14(18)15(20)19-9-7-16(5-2,6-3)12-19/h10-11H,4-9,12H2,1-3H3. The second kappa shape index (κ2) is 6.33.